The van der Waals surface area contributed by atoms with Crippen molar-refractivity contribution >= 4 is 29.2 Å². The zero-order valence-corrected chi connectivity index (χ0v) is 19.1. The van der Waals surface area contributed by atoms with Gasteiger partial charge in [-0.1, -0.05) is 23.7 Å². The van der Waals surface area contributed by atoms with E-state index in [-0.39, 0.29) is 11.1 Å². The van der Waals surface area contributed by atoms with E-state index in [1.807, 2.05) is 24.3 Å². The lowest BCUT2D eigenvalue weighted by Crippen LogP contribution is -2.62. The predicted octanol–water partition coefficient (Wildman–Crippen LogP) is 4.49. The fourth-order valence-corrected chi connectivity index (χ4v) is 4.79. The zero-order valence-electron chi connectivity index (χ0n) is 18.3. The van der Waals surface area contributed by atoms with Crippen molar-refractivity contribution in [1.82, 2.24) is 15.5 Å². The predicted molar refractivity (Wildman–Crippen MR) is 126 cm³/mol. The van der Waals surface area contributed by atoms with Gasteiger partial charge in [-0.25, -0.2) is 0 Å². The highest BCUT2D eigenvalue weighted by Crippen LogP contribution is 2.33. The number of rotatable bonds is 5. The van der Waals surface area contributed by atoms with Crippen LogP contribution in [0.25, 0.3) is 16.8 Å². The lowest BCUT2D eigenvalue weighted by molar-refractivity contribution is 0.160. The highest BCUT2D eigenvalue weighted by Gasteiger charge is 2.39. The third-order valence-corrected chi connectivity index (χ3v) is 5.95. The molecule has 7 heteroatoms. The molecule has 160 valence electrons. The van der Waals surface area contributed by atoms with Crippen molar-refractivity contribution in [2.75, 3.05) is 11.9 Å². The van der Waals surface area contributed by atoms with Crippen LogP contribution in [-0.2, 0) is 0 Å². The van der Waals surface area contributed by atoms with Gasteiger partial charge >= 0.3 is 0 Å². The number of hydrogen-bond acceptors (Lipinski definition) is 6. The molecule has 6 nitrogen and oxygen atoms in total. The molecule has 0 amide bonds. The number of benzene rings is 1. The van der Waals surface area contributed by atoms with Gasteiger partial charge in [0.2, 0.25) is 0 Å². The molecule has 1 aromatic heterocycles. The molecule has 3 rings (SSSR count). The van der Waals surface area contributed by atoms with Crippen LogP contribution in [0.5, 0.6) is 0 Å². The molecule has 4 N–H and O–H groups in total. The van der Waals surface area contributed by atoms with E-state index >= 15 is 0 Å². The van der Waals surface area contributed by atoms with Gasteiger partial charge < -0.3 is 21.4 Å². The van der Waals surface area contributed by atoms with E-state index in [2.05, 4.69) is 55.2 Å². The van der Waals surface area contributed by atoms with Gasteiger partial charge in [0.15, 0.2) is 5.82 Å². The Hall–Kier alpha value is -2.44. The van der Waals surface area contributed by atoms with Gasteiger partial charge in [-0.15, -0.1) is 10.2 Å². The Morgan fingerprint density at radius 2 is 1.83 bits per heavy atom. The second-order valence-corrected chi connectivity index (χ2v) is 9.71. The summed E-state index contributed by atoms with van der Waals surface area (Å²) in [7, 11) is 2.09. The maximum absolute atomic E-state index is 7.44. The first-order valence-corrected chi connectivity index (χ1v) is 10.5. The molecule has 2 heterocycles. The lowest BCUT2D eigenvalue weighted by atomic mass is 9.79. The van der Waals surface area contributed by atoms with Crippen LogP contribution in [0.4, 0.5) is 5.82 Å². The monoisotopic (exact) mass is 426 g/mol. The average molecular weight is 427 g/mol. The summed E-state index contributed by atoms with van der Waals surface area (Å²) in [6.07, 6.45) is 4.67. The highest BCUT2D eigenvalue weighted by atomic mass is 35.5. The molecule has 2 aromatic rings. The molecular weight excluding hydrogens is 396 g/mol. The Balaban J connectivity index is 1.82. The topological polar surface area (TPSA) is 90.9 Å². The van der Waals surface area contributed by atoms with Crippen LogP contribution in [0.2, 0.25) is 5.02 Å². The number of nitrogens with zero attached hydrogens (tertiary/aromatic N) is 3. The summed E-state index contributed by atoms with van der Waals surface area (Å²) in [6, 6.07) is 9.88. The standard InChI is InChI=1S/C23H31ClN6/c1-22(2)11-17(12-23(3,4)29-22)30(5)21-9-8-20(27-28-21)18-7-6-15(10-19(18)24)16(13-25)14-26/h6-10,13-14,17,25,29H,11-12,26H2,1-5H3. The molecule has 0 aliphatic carbocycles. The van der Waals surface area contributed by atoms with Gasteiger partial charge in [0.05, 0.1) is 10.7 Å². The molecule has 1 aromatic carbocycles. The first kappa shape index (κ1) is 22.2. The number of hydrogen-bond donors (Lipinski definition) is 3. The van der Waals surface area contributed by atoms with Crippen molar-refractivity contribution in [3.05, 3.63) is 47.1 Å². The quantitative estimate of drug-likeness (QED) is 0.612. The number of halogens is 1. The van der Waals surface area contributed by atoms with E-state index in [0.29, 0.717) is 22.3 Å². The third-order valence-electron chi connectivity index (χ3n) is 5.64. The largest absolute Gasteiger partial charge is 0.404 e. The van der Waals surface area contributed by atoms with Crippen molar-refractivity contribution in [2.45, 2.75) is 57.7 Å². The van der Waals surface area contributed by atoms with Gasteiger partial charge in [-0.3, -0.25) is 0 Å². The van der Waals surface area contributed by atoms with Crippen molar-refractivity contribution < 1.29 is 0 Å². The normalized spacial score (nSPS) is 18.8. The lowest BCUT2D eigenvalue weighted by Gasteiger charge is -2.49. The number of allylic oxidation sites excluding steroid dienone is 1. The van der Waals surface area contributed by atoms with Gasteiger partial charge in [-0.05, 0) is 64.3 Å². The summed E-state index contributed by atoms with van der Waals surface area (Å²) < 4.78 is 0. The van der Waals surface area contributed by atoms with Gasteiger partial charge in [0, 0.05) is 47.7 Å². The highest BCUT2D eigenvalue weighted by molar-refractivity contribution is 6.33. The second kappa shape index (κ2) is 8.36. The molecule has 1 aliphatic rings. The Kier molecular flexibility index (Phi) is 6.20. The summed E-state index contributed by atoms with van der Waals surface area (Å²) in [5.74, 6) is 0.849. The maximum atomic E-state index is 7.44. The second-order valence-electron chi connectivity index (χ2n) is 9.30. The number of nitrogens with two attached hydrogens (primary N) is 1. The molecule has 0 spiro atoms. The van der Waals surface area contributed by atoms with Crippen LogP contribution in [0.3, 0.4) is 0 Å². The van der Waals surface area contributed by atoms with Crippen LogP contribution in [0.15, 0.2) is 36.5 Å². The van der Waals surface area contributed by atoms with Crippen molar-refractivity contribution in [2.24, 2.45) is 5.73 Å². The van der Waals surface area contributed by atoms with Gasteiger partial charge in [0.1, 0.15) is 0 Å². The van der Waals surface area contributed by atoms with Crippen LogP contribution >= 0.6 is 11.6 Å². The van der Waals surface area contributed by atoms with Crippen LogP contribution in [-0.4, -0.2) is 40.6 Å². The minimum Gasteiger partial charge on any atom is -0.404 e. The van der Waals surface area contributed by atoms with E-state index in [9.17, 15) is 0 Å². The van der Waals surface area contributed by atoms with Crippen molar-refractivity contribution in [1.29, 1.82) is 5.41 Å². The van der Waals surface area contributed by atoms with E-state index < -0.39 is 0 Å². The Labute approximate surface area is 184 Å². The molecule has 0 unspecified atom stereocenters. The number of piperidine rings is 1. The molecule has 30 heavy (non-hydrogen) atoms. The number of nitrogens with one attached hydrogen (secondary N) is 2. The summed E-state index contributed by atoms with van der Waals surface area (Å²) in [5, 5.41) is 20.6. The van der Waals surface area contributed by atoms with Crippen LogP contribution in [0, 0.1) is 5.41 Å². The summed E-state index contributed by atoms with van der Waals surface area (Å²) >= 11 is 6.48. The van der Waals surface area contributed by atoms with Crippen LogP contribution in [0.1, 0.15) is 46.1 Å². The average Bonchev–Trinajstić information content (AvgIpc) is 2.66. The molecule has 0 bridgehead atoms. The number of aromatic nitrogens is 2. The maximum Gasteiger partial charge on any atom is 0.151 e. The first-order chi connectivity index (χ1) is 14.0. The van der Waals surface area contributed by atoms with E-state index in [4.69, 9.17) is 22.7 Å². The molecule has 0 radical (unpaired) electrons. The fourth-order valence-electron chi connectivity index (χ4n) is 4.52. The molecule has 0 atom stereocenters. The Morgan fingerprint density at radius 1 is 1.17 bits per heavy atom. The number of anilines is 1. The molecule has 1 fully saturated rings. The SMILES string of the molecule is CN(c1ccc(-c2ccc(C(C=N)=CN)cc2Cl)nn1)C1CC(C)(C)NC(C)(C)C1. The van der Waals surface area contributed by atoms with Crippen molar-refractivity contribution in [3.8, 4) is 11.3 Å². The minimum absolute atomic E-state index is 0.0661. The molecular formula is C23H31ClN6. The molecule has 1 saturated heterocycles. The Morgan fingerprint density at radius 3 is 2.33 bits per heavy atom. The molecule has 0 saturated carbocycles. The fraction of sp³-hybridized carbons (Fsp3) is 0.435. The summed E-state index contributed by atoms with van der Waals surface area (Å²) in [5.41, 5.74) is 8.61. The minimum atomic E-state index is 0.0661. The van der Waals surface area contributed by atoms with E-state index in [1.165, 1.54) is 12.4 Å². The summed E-state index contributed by atoms with van der Waals surface area (Å²) in [6.45, 7) is 9.00. The van der Waals surface area contributed by atoms with Gasteiger partial charge in [0.25, 0.3) is 0 Å². The van der Waals surface area contributed by atoms with E-state index in [1.54, 1.807) is 6.07 Å². The molecule has 1 aliphatic heterocycles. The van der Waals surface area contributed by atoms with Crippen molar-refractivity contribution in [3.63, 3.8) is 0 Å². The van der Waals surface area contributed by atoms with Crippen LogP contribution < -0.4 is 16.0 Å². The Bertz CT molecular complexity index is 933. The third kappa shape index (κ3) is 4.82. The van der Waals surface area contributed by atoms with Gasteiger partial charge in [-0.2, -0.15) is 0 Å². The first-order valence-electron chi connectivity index (χ1n) is 10.1. The summed E-state index contributed by atoms with van der Waals surface area (Å²) in [4.78, 5) is 2.23. The van der Waals surface area contributed by atoms with E-state index in [0.717, 1.165) is 29.8 Å². The zero-order chi connectivity index (χ0) is 22.1. The smallest absolute Gasteiger partial charge is 0.151 e.